The Balaban J connectivity index is 1.85. The predicted octanol–water partition coefficient (Wildman–Crippen LogP) is 2.39. The van der Waals surface area contributed by atoms with Gasteiger partial charge in [0, 0.05) is 6.54 Å². The number of aliphatic hydroxyl groups excluding tert-OH is 1. The van der Waals surface area contributed by atoms with Crippen LogP contribution in [0, 0.1) is 6.92 Å². The number of rotatable bonds is 5. The number of nitrogens with one attached hydrogen (secondary N) is 1. The van der Waals surface area contributed by atoms with Gasteiger partial charge in [-0.1, -0.05) is 60.2 Å². The standard InChI is InChI=1S/C17H19NO2/c1-13-6-5-9-15(12-13)16(19)17(20)18-11-10-14-7-3-2-4-8-14/h2-9,12,16,19H,10-11H2,1H3,(H,18,20). The van der Waals surface area contributed by atoms with Crippen LogP contribution in [0.1, 0.15) is 22.8 Å². The molecule has 0 aliphatic carbocycles. The third kappa shape index (κ3) is 3.93. The summed E-state index contributed by atoms with van der Waals surface area (Å²) >= 11 is 0. The quantitative estimate of drug-likeness (QED) is 0.875. The van der Waals surface area contributed by atoms with E-state index in [0.29, 0.717) is 12.1 Å². The van der Waals surface area contributed by atoms with Gasteiger partial charge in [0.25, 0.3) is 5.91 Å². The van der Waals surface area contributed by atoms with Crippen LogP contribution in [0.15, 0.2) is 54.6 Å². The van der Waals surface area contributed by atoms with Crippen molar-refractivity contribution >= 4 is 5.91 Å². The van der Waals surface area contributed by atoms with E-state index in [9.17, 15) is 9.90 Å². The minimum atomic E-state index is -1.11. The van der Waals surface area contributed by atoms with Crippen LogP contribution in [-0.2, 0) is 11.2 Å². The second-order valence-corrected chi connectivity index (χ2v) is 4.84. The van der Waals surface area contributed by atoms with Crippen molar-refractivity contribution in [2.45, 2.75) is 19.4 Å². The van der Waals surface area contributed by atoms with Crippen LogP contribution in [0.5, 0.6) is 0 Å². The largest absolute Gasteiger partial charge is 0.378 e. The first-order chi connectivity index (χ1) is 9.66. The minimum Gasteiger partial charge on any atom is -0.378 e. The zero-order valence-electron chi connectivity index (χ0n) is 11.5. The summed E-state index contributed by atoms with van der Waals surface area (Å²) in [7, 11) is 0. The van der Waals surface area contributed by atoms with Crippen molar-refractivity contribution in [2.24, 2.45) is 0 Å². The van der Waals surface area contributed by atoms with Crippen molar-refractivity contribution in [3.63, 3.8) is 0 Å². The number of aryl methyl sites for hydroxylation is 1. The highest BCUT2D eigenvalue weighted by Gasteiger charge is 2.16. The fourth-order valence-corrected chi connectivity index (χ4v) is 2.06. The Kier molecular flexibility index (Phi) is 4.91. The van der Waals surface area contributed by atoms with Crippen LogP contribution in [0.25, 0.3) is 0 Å². The van der Waals surface area contributed by atoms with E-state index >= 15 is 0 Å². The van der Waals surface area contributed by atoms with Gasteiger partial charge in [0.1, 0.15) is 0 Å². The topological polar surface area (TPSA) is 49.3 Å². The molecule has 0 spiro atoms. The van der Waals surface area contributed by atoms with E-state index in [0.717, 1.165) is 17.5 Å². The fourth-order valence-electron chi connectivity index (χ4n) is 2.06. The summed E-state index contributed by atoms with van der Waals surface area (Å²) in [6, 6.07) is 17.3. The molecule has 0 saturated heterocycles. The molecule has 1 unspecified atom stereocenters. The van der Waals surface area contributed by atoms with E-state index in [-0.39, 0.29) is 5.91 Å². The van der Waals surface area contributed by atoms with E-state index in [1.54, 1.807) is 6.07 Å². The zero-order chi connectivity index (χ0) is 14.4. The molecule has 2 aromatic carbocycles. The van der Waals surface area contributed by atoms with Gasteiger partial charge in [0.2, 0.25) is 0 Å². The summed E-state index contributed by atoms with van der Waals surface area (Å²) in [6.45, 7) is 2.45. The lowest BCUT2D eigenvalue weighted by Gasteiger charge is -2.12. The molecule has 0 bridgehead atoms. The summed E-state index contributed by atoms with van der Waals surface area (Å²) in [6.07, 6.45) is -0.349. The summed E-state index contributed by atoms with van der Waals surface area (Å²) in [5.41, 5.74) is 2.82. The van der Waals surface area contributed by atoms with Gasteiger partial charge in [-0.15, -0.1) is 0 Å². The Labute approximate surface area is 119 Å². The second-order valence-electron chi connectivity index (χ2n) is 4.84. The SMILES string of the molecule is Cc1cccc(C(O)C(=O)NCCc2ccccc2)c1. The smallest absolute Gasteiger partial charge is 0.253 e. The molecular weight excluding hydrogens is 250 g/mol. The molecule has 0 aromatic heterocycles. The number of hydrogen-bond donors (Lipinski definition) is 2. The average molecular weight is 269 g/mol. The molecule has 0 fully saturated rings. The number of carbonyl (C=O) groups is 1. The van der Waals surface area contributed by atoms with E-state index in [1.807, 2.05) is 55.5 Å². The first kappa shape index (κ1) is 14.3. The van der Waals surface area contributed by atoms with Crippen LogP contribution in [-0.4, -0.2) is 17.6 Å². The van der Waals surface area contributed by atoms with Crippen molar-refractivity contribution in [2.75, 3.05) is 6.54 Å². The second kappa shape index (κ2) is 6.87. The highest BCUT2D eigenvalue weighted by atomic mass is 16.3. The molecule has 1 atom stereocenters. The summed E-state index contributed by atoms with van der Waals surface area (Å²) < 4.78 is 0. The molecule has 3 nitrogen and oxygen atoms in total. The number of amides is 1. The van der Waals surface area contributed by atoms with Gasteiger partial charge in [0.05, 0.1) is 0 Å². The van der Waals surface area contributed by atoms with Crippen molar-refractivity contribution in [1.82, 2.24) is 5.32 Å². The third-order valence-corrected chi connectivity index (χ3v) is 3.16. The predicted molar refractivity (Wildman–Crippen MR) is 79.3 cm³/mol. The molecule has 104 valence electrons. The average Bonchev–Trinajstić information content (AvgIpc) is 2.47. The van der Waals surface area contributed by atoms with E-state index < -0.39 is 6.10 Å². The molecule has 0 saturated carbocycles. The molecule has 0 heterocycles. The Hall–Kier alpha value is -2.13. The Morgan fingerprint density at radius 2 is 1.90 bits per heavy atom. The normalized spacial score (nSPS) is 11.9. The van der Waals surface area contributed by atoms with Crippen LogP contribution in [0.3, 0.4) is 0 Å². The van der Waals surface area contributed by atoms with Crippen LogP contribution < -0.4 is 5.32 Å². The van der Waals surface area contributed by atoms with Crippen molar-refractivity contribution in [3.05, 3.63) is 71.3 Å². The lowest BCUT2D eigenvalue weighted by molar-refractivity contribution is -0.129. The first-order valence-electron chi connectivity index (χ1n) is 6.73. The number of benzene rings is 2. The molecule has 1 amide bonds. The lowest BCUT2D eigenvalue weighted by atomic mass is 10.1. The summed E-state index contributed by atoms with van der Waals surface area (Å²) in [4.78, 5) is 11.9. The van der Waals surface area contributed by atoms with Gasteiger partial charge >= 0.3 is 0 Å². The van der Waals surface area contributed by atoms with Crippen molar-refractivity contribution < 1.29 is 9.90 Å². The maximum atomic E-state index is 11.9. The molecule has 20 heavy (non-hydrogen) atoms. The maximum Gasteiger partial charge on any atom is 0.253 e. The molecule has 2 N–H and O–H groups in total. The van der Waals surface area contributed by atoms with Gasteiger partial charge in [-0.25, -0.2) is 0 Å². The third-order valence-electron chi connectivity index (χ3n) is 3.16. The molecule has 0 aliphatic heterocycles. The number of hydrogen-bond acceptors (Lipinski definition) is 2. The Morgan fingerprint density at radius 1 is 1.15 bits per heavy atom. The highest BCUT2D eigenvalue weighted by molar-refractivity contribution is 5.81. The van der Waals surface area contributed by atoms with Crippen LogP contribution >= 0.6 is 0 Å². The molecule has 2 rings (SSSR count). The van der Waals surface area contributed by atoms with Crippen LogP contribution in [0.4, 0.5) is 0 Å². The van der Waals surface area contributed by atoms with Gasteiger partial charge in [-0.05, 0) is 24.5 Å². The molecule has 2 aromatic rings. The van der Waals surface area contributed by atoms with Gasteiger partial charge in [-0.3, -0.25) is 4.79 Å². The maximum absolute atomic E-state index is 11.9. The van der Waals surface area contributed by atoms with Gasteiger partial charge in [-0.2, -0.15) is 0 Å². The van der Waals surface area contributed by atoms with E-state index in [2.05, 4.69) is 5.32 Å². The first-order valence-corrected chi connectivity index (χ1v) is 6.73. The monoisotopic (exact) mass is 269 g/mol. The van der Waals surface area contributed by atoms with E-state index in [1.165, 1.54) is 0 Å². The Morgan fingerprint density at radius 3 is 2.60 bits per heavy atom. The number of carbonyl (C=O) groups excluding carboxylic acids is 1. The summed E-state index contributed by atoms with van der Waals surface area (Å²) in [5.74, 6) is -0.355. The number of aliphatic hydroxyl groups is 1. The molecular formula is C17H19NO2. The Bertz CT molecular complexity index is 566. The molecule has 0 aliphatic rings. The van der Waals surface area contributed by atoms with Crippen molar-refractivity contribution in [3.8, 4) is 0 Å². The van der Waals surface area contributed by atoms with Crippen molar-refractivity contribution in [1.29, 1.82) is 0 Å². The molecule has 0 radical (unpaired) electrons. The minimum absolute atomic E-state index is 0.355. The lowest BCUT2D eigenvalue weighted by Crippen LogP contribution is -2.31. The summed E-state index contributed by atoms with van der Waals surface area (Å²) in [5, 5.41) is 12.8. The molecule has 3 heteroatoms. The van der Waals surface area contributed by atoms with Gasteiger partial charge < -0.3 is 10.4 Å². The highest BCUT2D eigenvalue weighted by Crippen LogP contribution is 2.14. The fraction of sp³-hybridized carbons (Fsp3) is 0.235. The zero-order valence-corrected chi connectivity index (χ0v) is 11.5. The van der Waals surface area contributed by atoms with Crippen LogP contribution in [0.2, 0.25) is 0 Å². The van der Waals surface area contributed by atoms with E-state index in [4.69, 9.17) is 0 Å². The van der Waals surface area contributed by atoms with Gasteiger partial charge in [0.15, 0.2) is 6.10 Å².